The van der Waals surface area contributed by atoms with E-state index >= 15 is 0 Å². The van der Waals surface area contributed by atoms with Gasteiger partial charge in [0.05, 0.1) is 6.61 Å². The predicted molar refractivity (Wildman–Crippen MR) is 103 cm³/mol. The highest BCUT2D eigenvalue weighted by atomic mass is 16.7. The summed E-state index contributed by atoms with van der Waals surface area (Å²) in [5.74, 6) is -1.44. The average Bonchev–Trinajstić information content (AvgIpc) is 2.97. The van der Waals surface area contributed by atoms with Crippen LogP contribution < -0.4 is 0 Å². The smallest absolute Gasteiger partial charge is 0.336 e. The monoisotopic (exact) mass is 424 g/mol. The molecule has 30 heavy (non-hydrogen) atoms. The Morgan fingerprint density at radius 2 is 1.97 bits per heavy atom. The first-order valence-corrected chi connectivity index (χ1v) is 10.0. The second kappa shape index (κ2) is 9.40. The van der Waals surface area contributed by atoms with Gasteiger partial charge in [0.15, 0.2) is 0 Å². The van der Waals surface area contributed by atoms with Gasteiger partial charge in [-0.3, -0.25) is 0 Å². The van der Waals surface area contributed by atoms with E-state index in [0.29, 0.717) is 36.8 Å². The van der Waals surface area contributed by atoms with E-state index in [9.17, 15) is 30.0 Å². The third kappa shape index (κ3) is 4.65. The highest BCUT2D eigenvalue weighted by Gasteiger charge is 2.45. The van der Waals surface area contributed by atoms with Crippen LogP contribution >= 0.6 is 0 Å². The second-order valence-electron chi connectivity index (χ2n) is 7.92. The molecular formula is C21H28O9. The Hall–Kier alpha value is -2.04. The fourth-order valence-electron chi connectivity index (χ4n) is 3.90. The number of fused-ring (bicyclic) bond motifs is 1. The lowest BCUT2D eigenvalue weighted by atomic mass is 9.88. The van der Waals surface area contributed by atoms with Crippen molar-refractivity contribution < 1.29 is 44.2 Å². The van der Waals surface area contributed by atoms with E-state index in [1.54, 1.807) is 6.08 Å². The quantitative estimate of drug-likeness (QED) is 0.277. The van der Waals surface area contributed by atoms with Crippen molar-refractivity contribution in [3.8, 4) is 0 Å². The summed E-state index contributed by atoms with van der Waals surface area (Å²) >= 11 is 0. The minimum atomic E-state index is -1.66. The summed E-state index contributed by atoms with van der Waals surface area (Å²) in [7, 11) is 0. The van der Waals surface area contributed by atoms with E-state index in [4.69, 9.17) is 14.2 Å². The predicted octanol–water partition coefficient (Wildman–Crippen LogP) is -0.126. The molecule has 9 nitrogen and oxygen atoms in total. The molecule has 166 valence electrons. The molecule has 1 aliphatic carbocycles. The average molecular weight is 424 g/mol. The SMILES string of the molecule is C=C1C(=O)O[C@@H]2/C=C(/C)CCC=C(C(=O)O[C@@H]3O[C@H](CO)[C@@H](O)[C@H](O)[C@H]3O)CC[C@@H]12. The van der Waals surface area contributed by atoms with Crippen molar-refractivity contribution in [3.05, 3.63) is 35.5 Å². The van der Waals surface area contributed by atoms with Crippen LogP contribution in [0.2, 0.25) is 0 Å². The summed E-state index contributed by atoms with van der Waals surface area (Å²) in [6.07, 6.45) is -2.34. The van der Waals surface area contributed by atoms with Crippen LogP contribution in [0.15, 0.2) is 35.5 Å². The van der Waals surface area contributed by atoms with Gasteiger partial charge in [-0.2, -0.15) is 0 Å². The molecule has 2 fully saturated rings. The molecule has 9 heteroatoms. The number of carbonyl (C=O) groups is 2. The molecular weight excluding hydrogens is 396 g/mol. The molecule has 7 atom stereocenters. The van der Waals surface area contributed by atoms with Gasteiger partial charge < -0.3 is 34.6 Å². The Bertz CT molecular complexity index is 754. The molecule has 3 rings (SSSR count). The van der Waals surface area contributed by atoms with Crippen LogP contribution in [0.3, 0.4) is 0 Å². The molecule has 3 aliphatic rings. The van der Waals surface area contributed by atoms with Gasteiger partial charge in [0.25, 0.3) is 0 Å². The Morgan fingerprint density at radius 3 is 2.67 bits per heavy atom. The van der Waals surface area contributed by atoms with Gasteiger partial charge in [0, 0.05) is 17.1 Å². The van der Waals surface area contributed by atoms with Crippen molar-refractivity contribution >= 4 is 11.9 Å². The number of rotatable bonds is 3. The fraction of sp³-hybridized carbons (Fsp3) is 0.619. The Morgan fingerprint density at radius 1 is 1.23 bits per heavy atom. The minimum absolute atomic E-state index is 0.256. The topological polar surface area (TPSA) is 143 Å². The van der Waals surface area contributed by atoms with E-state index in [1.807, 2.05) is 13.0 Å². The lowest BCUT2D eigenvalue weighted by Crippen LogP contribution is -2.59. The van der Waals surface area contributed by atoms with Crippen molar-refractivity contribution in [1.82, 2.24) is 0 Å². The van der Waals surface area contributed by atoms with Gasteiger partial charge in [-0.15, -0.1) is 0 Å². The summed E-state index contributed by atoms with van der Waals surface area (Å²) in [5.41, 5.74) is 1.73. The molecule has 0 aromatic rings. The molecule has 2 heterocycles. The molecule has 0 amide bonds. The second-order valence-corrected chi connectivity index (χ2v) is 7.92. The molecule has 0 aromatic carbocycles. The number of hydrogen-bond donors (Lipinski definition) is 4. The molecule has 0 spiro atoms. The van der Waals surface area contributed by atoms with Crippen molar-refractivity contribution in [1.29, 1.82) is 0 Å². The van der Waals surface area contributed by atoms with Gasteiger partial charge >= 0.3 is 11.9 Å². The van der Waals surface area contributed by atoms with Gasteiger partial charge in [0.2, 0.25) is 6.29 Å². The number of ether oxygens (including phenoxy) is 3. The number of allylic oxidation sites excluding steroid dienone is 2. The van der Waals surface area contributed by atoms with Crippen molar-refractivity contribution in [2.24, 2.45) is 5.92 Å². The lowest BCUT2D eigenvalue weighted by Gasteiger charge is -2.39. The van der Waals surface area contributed by atoms with E-state index in [1.165, 1.54) is 0 Å². The molecule has 0 saturated carbocycles. The first-order valence-electron chi connectivity index (χ1n) is 10.0. The molecule has 4 N–H and O–H groups in total. The lowest BCUT2D eigenvalue weighted by molar-refractivity contribution is -0.291. The summed E-state index contributed by atoms with van der Waals surface area (Å²) in [4.78, 5) is 24.7. The summed E-state index contributed by atoms with van der Waals surface area (Å²) in [6.45, 7) is 5.12. The fourth-order valence-corrected chi connectivity index (χ4v) is 3.90. The third-order valence-corrected chi connectivity index (χ3v) is 5.79. The zero-order valence-electron chi connectivity index (χ0n) is 16.8. The Balaban J connectivity index is 1.72. The molecule has 0 aromatic heterocycles. The molecule has 2 saturated heterocycles. The first kappa shape index (κ1) is 22.6. The Labute approximate surface area is 174 Å². The summed E-state index contributed by atoms with van der Waals surface area (Å²) < 4.78 is 15.9. The van der Waals surface area contributed by atoms with E-state index in [-0.39, 0.29) is 5.92 Å². The maximum absolute atomic E-state index is 12.8. The third-order valence-electron chi connectivity index (χ3n) is 5.79. The van der Waals surface area contributed by atoms with Crippen LogP contribution in [0.4, 0.5) is 0 Å². The summed E-state index contributed by atoms with van der Waals surface area (Å²) in [6, 6.07) is 0. The highest BCUT2D eigenvalue weighted by Crippen LogP contribution is 2.34. The minimum Gasteiger partial charge on any atom is -0.454 e. The largest absolute Gasteiger partial charge is 0.454 e. The zero-order chi connectivity index (χ0) is 22.0. The number of aliphatic hydroxyl groups excluding tert-OH is 4. The molecule has 0 unspecified atom stereocenters. The molecule has 2 aliphatic heterocycles. The van der Waals surface area contributed by atoms with Crippen LogP contribution in [-0.4, -0.2) is 75.8 Å². The molecule has 0 bridgehead atoms. The van der Waals surface area contributed by atoms with Gasteiger partial charge in [0.1, 0.15) is 30.5 Å². The van der Waals surface area contributed by atoms with Crippen LogP contribution in [0, 0.1) is 5.92 Å². The Kier molecular flexibility index (Phi) is 7.10. The van der Waals surface area contributed by atoms with Crippen molar-refractivity contribution in [2.45, 2.75) is 69.4 Å². The van der Waals surface area contributed by atoms with Crippen molar-refractivity contribution in [3.63, 3.8) is 0 Å². The van der Waals surface area contributed by atoms with Crippen LogP contribution in [-0.2, 0) is 23.8 Å². The maximum atomic E-state index is 12.8. The number of hydrogen-bond acceptors (Lipinski definition) is 9. The van der Waals surface area contributed by atoms with E-state index < -0.39 is 55.4 Å². The van der Waals surface area contributed by atoms with Gasteiger partial charge in [-0.25, -0.2) is 9.59 Å². The number of aliphatic hydroxyl groups is 4. The number of carbonyl (C=O) groups excluding carboxylic acids is 2. The maximum Gasteiger partial charge on any atom is 0.336 e. The van der Waals surface area contributed by atoms with E-state index in [2.05, 4.69) is 6.58 Å². The zero-order valence-corrected chi connectivity index (χ0v) is 16.8. The van der Waals surface area contributed by atoms with Crippen LogP contribution in [0.1, 0.15) is 32.6 Å². The highest BCUT2D eigenvalue weighted by molar-refractivity contribution is 5.91. The van der Waals surface area contributed by atoms with Gasteiger partial charge in [-0.1, -0.05) is 18.2 Å². The number of esters is 2. The standard InChI is InChI=1S/C21H28O9/c1-10-4-3-5-12(6-7-13-11(2)19(26)28-14(13)8-10)20(27)30-21-18(25)17(24)16(23)15(9-22)29-21/h5,8,13-18,21-25H,2-4,6-7,9H2,1H3/b10-8-,12-5?/t13-,14+,15+,16+,17-,18+,21-/m0/s1. The van der Waals surface area contributed by atoms with Crippen LogP contribution in [0.5, 0.6) is 0 Å². The summed E-state index contributed by atoms with van der Waals surface area (Å²) in [5, 5.41) is 39.1. The van der Waals surface area contributed by atoms with Crippen LogP contribution in [0.25, 0.3) is 0 Å². The normalized spacial score (nSPS) is 39.3. The van der Waals surface area contributed by atoms with Gasteiger partial charge in [-0.05, 0) is 38.7 Å². The van der Waals surface area contributed by atoms with E-state index in [0.717, 1.165) is 5.57 Å². The first-order chi connectivity index (χ1) is 14.2. The van der Waals surface area contributed by atoms with Crippen molar-refractivity contribution in [2.75, 3.05) is 6.61 Å². The molecule has 0 radical (unpaired) electrons.